The number of para-hydroxylation sites is 1. The van der Waals surface area contributed by atoms with Crippen LogP contribution in [0.15, 0.2) is 57.0 Å². The van der Waals surface area contributed by atoms with Crippen molar-refractivity contribution in [2.24, 2.45) is 0 Å². The quantitative estimate of drug-likeness (QED) is 0.171. The zero-order valence-electron chi connectivity index (χ0n) is 19.4. The van der Waals surface area contributed by atoms with Crippen LogP contribution in [0, 0.1) is 13.8 Å². The normalized spacial score (nSPS) is 12.1. The fourth-order valence-corrected chi connectivity index (χ4v) is 4.82. The summed E-state index contributed by atoms with van der Waals surface area (Å²) in [5.41, 5.74) is 2.20. The zero-order valence-corrected chi connectivity index (χ0v) is 20.2. The van der Waals surface area contributed by atoms with Gasteiger partial charge in [0, 0.05) is 5.69 Å². The fourth-order valence-electron chi connectivity index (χ4n) is 3.86. The Bertz CT molecular complexity index is 1420. The van der Waals surface area contributed by atoms with Gasteiger partial charge < -0.3 is 14.1 Å². The number of aromatic amines is 1. The molecule has 0 saturated heterocycles. The second-order valence-corrected chi connectivity index (χ2v) is 9.16. The number of hydrogen-bond donors (Lipinski definition) is 1. The van der Waals surface area contributed by atoms with Gasteiger partial charge >= 0.3 is 5.97 Å². The van der Waals surface area contributed by atoms with Gasteiger partial charge in [-0.25, -0.2) is 9.78 Å². The lowest BCUT2D eigenvalue weighted by atomic mass is 10.1. The SMILES string of the molecule is CCOC(=O)c1c(C)[nH]c(C(=O)C(C)Sc2nc3ccccc3c(=O)n2Cc2ccco2)c1C. The molecular weight excluding hydrogens is 454 g/mol. The summed E-state index contributed by atoms with van der Waals surface area (Å²) < 4.78 is 12.1. The molecule has 4 rings (SSSR count). The fraction of sp³-hybridized carbons (Fsp3) is 0.280. The predicted molar refractivity (Wildman–Crippen MR) is 130 cm³/mol. The number of benzene rings is 1. The van der Waals surface area contributed by atoms with E-state index in [1.165, 1.54) is 16.3 Å². The molecule has 8 nitrogen and oxygen atoms in total. The number of fused-ring (bicyclic) bond motifs is 1. The highest BCUT2D eigenvalue weighted by atomic mass is 32.2. The Labute approximate surface area is 200 Å². The number of rotatable bonds is 8. The van der Waals surface area contributed by atoms with Crippen molar-refractivity contribution in [2.75, 3.05) is 6.61 Å². The van der Waals surface area contributed by atoms with Gasteiger partial charge in [-0.15, -0.1) is 0 Å². The first kappa shape index (κ1) is 23.6. The number of thioether (sulfide) groups is 1. The van der Waals surface area contributed by atoms with Gasteiger partial charge in [0.15, 0.2) is 10.9 Å². The smallest absolute Gasteiger partial charge is 0.340 e. The third-order valence-electron chi connectivity index (χ3n) is 5.54. The van der Waals surface area contributed by atoms with Crippen molar-refractivity contribution in [1.82, 2.24) is 14.5 Å². The van der Waals surface area contributed by atoms with Crippen molar-refractivity contribution >= 4 is 34.4 Å². The molecule has 4 aromatic rings. The van der Waals surface area contributed by atoms with Crippen molar-refractivity contribution in [2.45, 2.75) is 44.6 Å². The number of furan rings is 1. The Morgan fingerprint density at radius 2 is 1.97 bits per heavy atom. The minimum atomic E-state index is -0.581. The average Bonchev–Trinajstić information content (AvgIpc) is 3.43. The Kier molecular flexibility index (Phi) is 6.74. The van der Waals surface area contributed by atoms with Crippen LogP contribution < -0.4 is 5.56 Å². The molecule has 0 fully saturated rings. The number of aryl methyl sites for hydroxylation is 1. The number of H-pyrrole nitrogens is 1. The average molecular weight is 480 g/mol. The van der Waals surface area contributed by atoms with Crippen LogP contribution in [0.4, 0.5) is 0 Å². The molecule has 0 aliphatic carbocycles. The van der Waals surface area contributed by atoms with E-state index in [9.17, 15) is 14.4 Å². The maximum absolute atomic E-state index is 13.4. The Balaban J connectivity index is 1.70. The van der Waals surface area contributed by atoms with Crippen LogP contribution in [0.1, 0.15) is 51.7 Å². The van der Waals surface area contributed by atoms with Gasteiger partial charge in [-0.2, -0.15) is 0 Å². The summed E-state index contributed by atoms with van der Waals surface area (Å²) >= 11 is 1.19. The lowest BCUT2D eigenvalue weighted by Crippen LogP contribution is -2.25. The monoisotopic (exact) mass is 479 g/mol. The van der Waals surface area contributed by atoms with E-state index in [0.717, 1.165) is 0 Å². The summed E-state index contributed by atoms with van der Waals surface area (Å²) in [5, 5.41) is 0.322. The highest BCUT2D eigenvalue weighted by molar-refractivity contribution is 8.00. The van der Waals surface area contributed by atoms with E-state index in [2.05, 4.69) is 9.97 Å². The van der Waals surface area contributed by atoms with E-state index in [1.807, 2.05) is 6.07 Å². The number of ketones is 1. The maximum Gasteiger partial charge on any atom is 0.340 e. The summed E-state index contributed by atoms with van der Waals surface area (Å²) in [7, 11) is 0. The summed E-state index contributed by atoms with van der Waals surface area (Å²) in [6.45, 7) is 7.39. The van der Waals surface area contributed by atoms with Gasteiger partial charge in [-0.1, -0.05) is 23.9 Å². The van der Waals surface area contributed by atoms with E-state index in [-0.39, 0.29) is 24.5 Å². The standard InChI is InChI=1S/C25H25N3O5S/c1-5-32-24(31)20-14(2)21(26-15(20)3)22(29)16(4)34-25-27-19-11-7-6-10-18(19)23(30)28(25)13-17-9-8-12-33-17/h6-12,16,26H,5,13H2,1-4H3. The van der Waals surface area contributed by atoms with Gasteiger partial charge in [-0.05, 0) is 57.5 Å². The molecule has 34 heavy (non-hydrogen) atoms. The van der Waals surface area contributed by atoms with E-state index in [1.54, 1.807) is 64.3 Å². The molecule has 3 heterocycles. The van der Waals surface area contributed by atoms with Crippen molar-refractivity contribution in [3.8, 4) is 0 Å². The molecular formula is C25H25N3O5S. The first-order valence-corrected chi connectivity index (χ1v) is 11.8. The number of ether oxygens (including phenoxy) is 1. The minimum Gasteiger partial charge on any atom is -0.467 e. The van der Waals surface area contributed by atoms with Crippen LogP contribution in [0.3, 0.4) is 0 Å². The molecule has 0 bridgehead atoms. The highest BCUT2D eigenvalue weighted by Gasteiger charge is 2.27. The van der Waals surface area contributed by atoms with E-state index >= 15 is 0 Å². The Morgan fingerprint density at radius 3 is 2.68 bits per heavy atom. The molecule has 3 aromatic heterocycles. The lowest BCUT2D eigenvalue weighted by Gasteiger charge is -2.15. The van der Waals surface area contributed by atoms with Crippen molar-refractivity contribution in [1.29, 1.82) is 0 Å². The molecule has 0 aliphatic rings. The summed E-state index contributed by atoms with van der Waals surface area (Å²) in [5.74, 6) is -0.0559. The van der Waals surface area contributed by atoms with Crippen molar-refractivity contribution < 1.29 is 18.7 Å². The van der Waals surface area contributed by atoms with Crippen LogP contribution in [-0.2, 0) is 11.3 Å². The number of Topliss-reactive ketones (excluding diaryl/α,β-unsaturated/α-hetero) is 1. The number of esters is 1. The van der Waals surface area contributed by atoms with Crippen molar-refractivity contribution in [3.05, 3.63) is 81.3 Å². The molecule has 1 unspecified atom stereocenters. The maximum atomic E-state index is 13.4. The molecule has 1 atom stereocenters. The zero-order chi connectivity index (χ0) is 24.4. The lowest BCUT2D eigenvalue weighted by molar-refractivity contribution is 0.0525. The summed E-state index contributed by atoms with van der Waals surface area (Å²) in [4.78, 5) is 46.7. The summed E-state index contributed by atoms with van der Waals surface area (Å²) in [6, 6.07) is 10.6. The summed E-state index contributed by atoms with van der Waals surface area (Å²) in [6.07, 6.45) is 1.55. The minimum absolute atomic E-state index is 0.195. The number of aromatic nitrogens is 3. The molecule has 0 radical (unpaired) electrons. The van der Waals surface area contributed by atoms with Crippen LogP contribution in [0.2, 0.25) is 0 Å². The second kappa shape index (κ2) is 9.72. The Hall–Kier alpha value is -3.59. The number of nitrogens with zero attached hydrogens (tertiary/aromatic N) is 2. The van der Waals surface area contributed by atoms with E-state index < -0.39 is 11.2 Å². The Morgan fingerprint density at radius 1 is 1.21 bits per heavy atom. The van der Waals surface area contributed by atoms with E-state index in [4.69, 9.17) is 9.15 Å². The molecule has 1 N–H and O–H groups in total. The molecule has 0 amide bonds. The second-order valence-electron chi connectivity index (χ2n) is 7.85. The molecule has 0 saturated carbocycles. The molecule has 0 aliphatic heterocycles. The molecule has 1 aromatic carbocycles. The number of carbonyl (C=O) groups is 2. The topological polar surface area (TPSA) is 107 Å². The number of carbonyl (C=O) groups excluding carboxylic acids is 2. The van der Waals surface area contributed by atoms with Crippen LogP contribution in [0.5, 0.6) is 0 Å². The van der Waals surface area contributed by atoms with Gasteiger partial charge in [0.2, 0.25) is 0 Å². The van der Waals surface area contributed by atoms with E-state index in [0.29, 0.717) is 44.3 Å². The number of hydrogen-bond acceptors (Lipinski definition) is 7. The van der Waals surface area contributed by atoms with Gasteiger partial charge in [0.25, 0.3) is 5.56 Å². The van der Waals surface area contributed by atoms with Gasteiger partial charge in [0.1, 0.15) is 5.76 Å². The van der Waals surface area contributed by atoms with Gasteiger partial charge in [-0.3, -0.25) is 14.2 Å². The van der Waals surface area contributed by atoms with Crippen LogP contribution in [0.25, 0.3) is 10.9 Å². The van der Waals surface area contributed by atoms with Gasteiger partial charge in [0.05, 0.1) is 46.8 Å². The molecule has 0 spiro atoms. The molecule has 9 heteroatoms. The largest absolute Gasteiger partial charge is 0.467 e. The molecule has 176 valence electrons. The number of nitrogens with one attached hydrogen (secondary N) is 1. The predicted octanol–water partition coefficient (Wildman–Crippen LogP) is 4.52. The third kappa shape index (κ3) is 4.43. The van der Waals surface area contributed by atoms with Crippen LogP contribution in [-0.4, -0.2) is 38.1 Å². The first-order chi connectivity index (χ1) is 16.3. The van der Waals surface area contributed by atoms with Crippen molar-refractivity contribution in [3.63, 3.8) is 0 Å². The highest BCUT2D eigenvalue weighted by Crippen LogP contribution is 2.28. The first-order valence-electron chi connectivity index (χ1n) is 10.9. The van der Waals surface area contributed by atoms with Crippen LogP contribution >= 0.6 is 11.8 Å². The third-order valence-corrected chi connectivity index (χ3v) is 6.63.